The summed E-state index contributed by atoms with van der Waals surface area (Å²) in [6, 6.07) is 19.7. The van der Waals surface area contributed by atoms with E-state index in [-0.39, 0.29) is 5.78 Å². The van der Waals surface area contributed by atoms with Gasteiger partial charge in [-0.25, -0.2) is 0 Å². The second-order valence-electron chi connectivity index (χ2n) is 7.73. The number of oxime groups is 1. The van der Waals surface area contributed by atoms with Crippen LogP contribution in [0.2, 0.25) is 0 Å². The summed E-state index contributed by atoms with van der Waals surface area (Å²) >= 11 is 0. The zero-order chi connectivity index (χ0) is 22.0. The summed E-state index contributed by atoms with van der Waals surface area (Å²) in [4.78, 5) is 13.2. The third-order valence-corrected chi connectivity index (χ3v) is 5.87. The molecule has 156 valence electrons. The molecule has 3 aromatic carbocycles. The molecule has 1 heterocycles. The summed E-state index contributed by atoms with van der Waals surface area (Å²) in [6.45, 7) is 8.65. The van der Waals surface area contributed by atoms with E-state index in [0.717, 1.165) is 51.5 Å². The monoisotopic (exact) mass is 410 g/mol. The van der Waals surface area contributed by atoms with Crippen LogP contribution in [0.1, 0.15) is 46.8 Å². The summed E-state index contributed by atoms with van der Waals surface area (Å²) in [5.74, 6) is 0.0251. The smallest absolute Gasteiger partial charge is 0.193 e. The molecule has 4 nitrogen and oxygen atoms in total. The Hall–Kier alpha value is -3.66. The lowest BCUT2D eigenvalue weighted by atomic mass is 9.97. The third-order valence-electron chi connectivity index (χ3n) is 5.87. The van der Waals surface area contributed by atoms with Crippen LogP contribution in [0.4, 0.5) is 0 Å². The molecule has 31 heavy (non-hydrogen) atoms. The quantitative estimate of drug-likeness (QED) is 0.124. The van der Waals surface area contributed by atoms with Gasteiger partial charge in [0.2, 0.25) is 0 Å². The average Bonchev–Trinajstić information content (AvgIpc) is 3.11. The molecule has 0 saturated heterocycles. The second kappa shape index (κ2) is 8.60. The maximum Gasteiger partial charge on any atom is 0.193 e. The van der Waals surface area contributed by atoms with Gasteiger partial charge in [0.15, 0.2) is 5.78 Å². The van der Waals surface area contributed by atoms with E-state index in [4.69, 9.17) is 0 Å². The van der Waals surface area contributed by atoms with Crippen molar-refractivity contribution in [2.45, 2.75) is 33.2 Å². The summed E-state index contributed by atoms with van der Waals surface area (Å²) in [6.07, 6.45) is 3.17. The van der Waals surface area contributed by atoms with E-state index in [2.05, 4.69) is 35.4 Å². The molecule has 1 N–H and O–H groups in total. The van der Waals surface area contributed by atoms with Gasteiger partial charge >= 0.3 is 0 Å². The van der Waals surface area contributed by atoms with Gasteiger partial charge in [0.05, 0.1) is 5.71 Å². The van der Waals surface area contributed by atoms with Crippen LogP contribution in [0.5, 0.6) is 0 Å². The van der Waals surface area contributed by atoms with Crippen molar-refractivity contribution in [1.82, 2.24) is 4.57 Å². The van der Waals surface area contributed by atoms with Gasteiger partial charge in [-0.3, -0.25) is 4.79 Å². The molecule has 4 rings (SSSR count). The Kier molecular flexibility index (Phi) is 5.72. The molecule has 4 aromatic rings. The lowest BCUT2D eigenvalue weighted by molar-refractivity contribution is 0.103. The van der Waals surface area contributed by atoms with Crippen LogP contribution in [0, 0.1) is 6.92 Å². The fraction of sp³-hybridized carbons (Fsp3) is 0.185. The van der Waals surface area contributed by atoms with Gasteiger partial charge in [-0.15, -0.1) is 6.58 Å². The molecule has 0 atom stereocenters. The largest absolute Gasteiger partial charge is 0.411 e. The van der Waals surface area contributed by atoms with Crippen LogP contribution in [0.3, 0.4) is 0 Å². The number of ketones is 1. The fourth-order valence-corrected chi connectivity index (χ4v) is 4.24. The second-order valence-corrected chi connectivity index (χ2v) is 7.73. The van der Waals surface area contributed by atoms with Crippen LogP contribution < -0.4 is 0 Å². The van der Waals surface area contributed by atoms with Crippen molar-refractivity contribution >= 4 is 33.3 Å². The van der Waals surface area contributed by atoms with Gasteiger partial charge in [0.25, 0.3) is 0 Å². The molecule has 0 aliphatic rings. The van der Waals surface area contributed by atoms with Crippen molar-refractivity contribution in [3.8, 4) is 0 Å². The highest BCUT2D eigenvalue weighted by molar-refractivity contribution is 6.16. The summed E-state index contributed by atoms with van der Waals surface area (Å²) in [5, 5.41) is 15.1. The molecule has 0 spiro atoms. The van der Waals surface area contributed by atoms with Crippen molar-refractivity contribution in [3.63, 3.8) is 0 Å². The number of hydrogen-bond donors (Lipinski definition) is 1. The molecule has 0 aliphatic heterocycles. The Bertz CT molecular complexity index is 1330. The average molecular weight is 411 g/mol. The predicted octanol–water partition coefficient (Wildman–Crippen LogP) is 6.50. The first kappa shape index (κ1) is 20.6. The lowest BCUT2D eigenvalue weighted by Crippen LogP contribution is -2.03. The Morgan fingerprint density at radius 2 is 1.68 bits per heavy atom. The Balaban J connectivity index is 1.90. The Labute approximate surface area is 182 Å². The highest BCUT2D eigenvalue weighted by atomic mass is 16.4. The fourth-order valence-electron chi connectivity index (χ4n) is 4.24. The zero-order valence-electron chi connectivity index (χ0n) is 17.9. The van der Waals surface area contributed by atoms with Crippen LogP contribution in [0.15, 0.2) is 78.5 Å². The Morgan fingerprint density at radius 1 is 1.03 bits per heavy atom. The molecule has 0 fully saturated rings. The minimum absolute atomic E-state index is 0.0251. The number of aryl methyl sites for hydroxylation is 2. The number of carbonyl (C=O) groups is 1. The first-order valence-corrected chi connectivity index (χ1v) is 10.6. The maximum absolute atomic E-state index is 13.2. The summed E-state index contributed by atoms with van der Waals surface area (Å²) in [5.41, 5.74) is 6.06. The van der Waals surface area contributed by atoms with Gasteiger partial charge in [-0.2, -0.15) is 0 Å². The van der Waals surface area contributed by atoms with Crippen LogP contribution in [0.25, 0.3) is 21.8 Å². The third kappa shape index (κ3) is 3.66. The molecule has 1 aromatic heterocycles. The van der Waals surface area contributed by atoms with E-state index in [9.17, 15) is 10.0 Å². The van der Waals surface area contributed by atoms with E-state index in [0.29, 0.717) is 17.7 Å². The SMILES string of the molecule is C=CCC/C(=N\O)c1ccc2c(c1)c1cc(C(=O)c3ccccc3C)ccc1n2CC. The van der Waals surface area contributed by atoms with Gasteiger partial charge in [-0.05, 0) is 62.6 Å². The van der Waals surface area contributed by atoms with Crippen LogP contribution in [-0.2, 0) is 6.54 Å². The zero-order valence-corrected chi connectivity index (χ0v) is 17.9. The van der Waals surface area contributed by atoms with E-state index in [1.165, 1.54) is 0 Å². The molecule has 0 saturated carbocycles. The topological polar surface area (TPSA) is 54.6 Å². The number of rotatable bonds is 7. The van der Waals surface area contributed by atoms with E-state index in [1.54, 1.807) is 0 Å². The first-order valence-electron chi connectivity index (χ1n) is 10.6. The molecular weight excluding hydrogens is 384 g/mol. The molecule has 0 aliphatic carbocycles. The van der Waals surface area contributed by atoms with Gasteiger partial charge in [0.1, 0.15) is 0 Å². The molecule has 0 unspecified atom stereocenters. The molecule has 0 bridgehead atoms. The predicted molar refractivity (Wildman–Crippen MR) is 127 cm³/mol. The number of benzene rings is 3. The van der Waals surface area contributed by atoms with Crippen molar-refractivity contribution in [2.24, 2.45) is 5.16 Å². The highest BCUT2D eigenvalue weighted by Crippen LogP contribution is 2.32. The van der Waals surface area contributed by atoms with E-state index in [1.807, 2.05) is 61.5 Å². The summed E-state index contributed by atoms with van der Waals surface area (Å²) in [7, 11) is 0. The molecule has 0 radical (unpaired) electrons. The maximum atomic E-state index is 13.2. The number of fused-ring (bicyclic) bond motifs is 3. The van der Waals surface area contributed by atoms with Gasteiger partial charge in [-0.1, -0.05) is 41.6 Å². The number of allylic oxidation sites excluding steroid dienone is 1. The van der Waals surface area contributed by atoms with Gasteiger partial charge in [0, 0.05) is 45.0 Å². The molecule has 0 amide bonds. The normalized spacial score (nSPS) is 11.9. The van der Waals surface area contributed by atoms with Crippen LogP contribution in [-0.4, -0.2) is 21.3 Å². The van der Waals surface area contributed by atoms with Crippen LogP contribution >= 0.6 is 0 Å². The van der Waals surface area contributed by atoms with Crippen molar-refractivity contribution in [3.05, 3.63) is 95.6 Å². The Morgan fingerprint density at radius 3 is 2.29 bits per heavy atom. The van der Waals surface area contributed by atoms with E-state index >= 15 is 0 Å². The van der Waals surface area contributed by atoms with Crippen molar-refractivity contribution < 1.29 is 10.0 Å². The first-order chi connectivity index (χ1) is 15.1. The van der Waals surface area contributed by atoms with Gasteiger partial charge < -0.3 is 9.77 Å². The molecule has 4 heteroatoms. The standard InChI is InChI=1S/C27H26N2O2/c1-4-6-11-24(28-31)19-12-14-25-22(16-19)23-17-20(13-15-26(23)29(25)5-2)27(30)21-10-8-7-9-18(21)3/h4,7-10,12-17,31H,1,5-6,11H2,2-3H3/b28-24+. The minimum Gasteiger partial charge on any atom is -0.411 e. The van der Waals surface area contributed by atoms with Crippen molar-refractivity contribution in [1.29, 1.82) is 0 Å². The number of carbonyl (C=O) groups excluding carboxylic acids is 1. The summed E-state index contributed by atoms with van der Waals surface area (Å²) < 4.78 is 2.25. The number of hydrogen-bond acceptors (Lipinski definition) is 3. The number of aromatic nitrogens is 1. The van der Waals surface area contributed by atoms with E-state index < -0.39 is 0 Å². The molecular formula is C27H26N2O2. The minimum atomic E-state index is 0.0251. The highest BCUT2D eigenvalue weighted by Gasteiger charge is 2.16. The lowest BCUT2D eigenvalue weighted by Gasteiger charge is -2.06. The van der Waals surface area contributed by atoms with Crippen molar-refractivity contribution in [2.75, 3.05) is 0 Å². The number of nitrogens with zero attached hydrogens (tertiary/aromatic N) is 2.